The molecule has 0 aliphatic heterocycles. The van der Waals surface area contributed by atoms with Crippen LogP contribution in [0.5, 0.6) is 0 Å². The molecule has 0 saturated carbocycles. The van der Waals surface area contributed by atoms with Gasteiger partial charge in [0.2, 0.25) is 0 Å². The number of fused-ring (bicyclic) bond motifs is 9. The third-order valence-electron chi connectivity index (χ3n) is 13.3. The van der Waals surface area contributed by atoms with Gasteiger partial charge in [-0.3, -0.25) is 0 Å². The van der Waals surface area contributed by atoms with Crippen LogP contribution in [0.3, 0.4) is 0 Å². The monoisotopic (exact) mass is 686 g/mol. The molecular weight excluding hydrogens is 649 g/mol. The van der Waals surface area contributed by atoms with Crippen molar-refractivity contribution in [3.05, 3.63) is 180 Å². The molecule has 0 aromatic heterocycles. The second kappa shape index (κ2) is 10.2. The maximum Gasteiger partial charge on any atom is 0.0162 e. The van der Waals surface area contributed by atoms with Gasteiger partial charge in [0, 0.05) is 10.8 Å². The third-order valence-corrected chi connectivity index (χ3v) is 13.3. The van der Waals surface area contributed by atoms with Gasteiger partial charge in [0.15, 0.2) is 0 Å². The normalized spacial score (nSPS) is 15.0. The molecule has 0 spiro atoms. The predicted octanol–water partition coefficient (Wildman–Crippen LogP) is 14.8. The van der Waals surface area contributed by atoms with Crippen LogP contribution in [0.25, 0.3) is 98.4 Å². The summed E-state index contributed by atoms with van der Waals surface area (Å²) in [4.78, 5) is 0. The Balaban J connectivity index is 1.11. The lowest BCUT2D eigenvalue weighted by Gasteiger charge is -2.31. The second-order valence-electron chi connectivity index (χ2n) is 16.8. The van der Waals surface area contributed by atoms with Gasteiger partial charge in [-0.05, 0) is 127 Å². The van der Waals surface area contributed by atoms with Crippen LogP contribution in [-0.4, -0.2) is 0 Å². The molecule has 2 aliphatic carbocycles. The van der Waals surface area contributed by atoms with Crippen LogP contribution in [0.15, 0.2) is 158 Å². The number of benzene rings is 10. The largest absolute Gasteiger partial charge is 0.0619 e. The topological polar surface area (TPSA) is 0 Å². The van der Waals surface area contributed by atoms with Gasteiger partial charge in [-0.2, -0.15) is 0 Å². The fourth-order valence-electron chi connectivity index (χ4n) is 11.0. The second-order valence-corrected chi connectivity index (χ2v) is 16.8. The highest BCUT2D eigenvalue weighted by Gasteiger charge is 2.45. The predicted molar refractivity (Wildman–Crippen MR) is 231 cm³/mol. The Morgan fingerprint density at radius 1 is 0.315 bits per heavy atom. The molecule has 54 heavy (non-hydrogen) atoms. The Kier molecular flexibility index (Phi) is 5.74. The fraction of sp³-hybridized carbons (Fsp3) is 0.111. The molecule has 0 heterocycles. The van der Waals surface area contributed by atoms with Crippen molar-refractivity contribution in [1.82, 2.24) is 0 Å². The van der Waals surface area contributed by atoms with E-state index in [1.807, 2.05) is 0 Å². The lowest BCUT2D eigenvalue weighted by Crippen LogP contribution is -2.24. The Labute approximate surface area is 315 Å². The standard InChI is InChI=1S/C54H38/c1-53(2)45-19-10-9-14-35(45)43-28-29-44-36-25-24-34(30-46(36)54(3,4)52(44)51(43)53)48-37-15-5-7-17-39(37)50(40-18-8-6-16-38(40)48)42-27-23-33-21-20-31-12-11-13-32-22-26-41(42)49(33)47(31)32/h5-30H,1-4H3. The minimum Gasteiger partial charge on any atom is -0.0619 e. The Morgan fingerprint density at radius 2 is 0.796 bits per heavy atom. The first-order valence-corrected chi connectivity index (χ1v) is 19.4. The molecule has 12 rings (SSSR count). The van der Waals surface area contributed by atoms with Crippen LogP contribution < -0.4 is 0 Å². The van der Waals surface area contributed by atoms with Gasteiger partial charge < -0.3 is 0 Å². The van der Waals surface area contributed by atoms with E-state index < -0.39 is 0 Å². The fourth-order valence-corrected chi connectivity index (χ4v) is 11.0. The van der Waals surface area contributed by atoms with Crippen LogP contribution in [0.4, 0.5) is 0 Å². The molecule has 0 N–H and O–H groups in total. The van der Waals surface area contributed by atoms with Gasteiger partial charge >= 0.3 is 0 Å². The van der Waals surface area contributed by atoms with Gasteiger partial charge in [-0.1, -0.05) is 179 Å². The summed E-state index contributed by atoms with van der Waals surface area (Å²) in [5.74, 6) is 0. The summed E-state index contributed by atoms with van der Waals surface area (Å²) < 4.78 is 0. The van der Waals surface area contributed by atoms with E-state index in [1.165, 1.54) is 121 Å². The van der Waals surface area contributed by atoms with E-state index >= 15 is 0 Å². The van der Waals surface area contributed by atoms with Crippen molar-refractivity contribution in [1.29, 1.82) is 0 Å². The van der Waals surface area contributed by atoms with E-state index in [0.717, 1.165) is 0 Å². The first-order valence-electron chi connectivity index (χ1n) is 19.4. The van der Waals surface area contributed by atoms with E-state index in [4.69, 9.17) is 0 Å². The number of rotatable bonds is 2. The summed E-state index contributed by atoms with van der Waals surface area (Å²) in [5, 5.41) is 13.1. The van der Waals surface area contributed by atoms with Gasteiger partial charge in [0.05, 0.1) is 0 Å². The van der Waals surface area contributed by atoms with Gasteiger partial charge in [-0.25, -0.2) is 0 Å². The molecule has 0 bridgehead atoms. The zero-order valence-electron chi connectivity index (χ0n) is 31.0. The Morgan fingerprint density at radius 3 is 1.46 bits per heavy atom. The van der Waals surface area contributed by atoms with Crippen molar-refractivity contribution in [3.63, 3.8) is 0 Å². The smallest absolute Gasteiger partial charge is 0.0162 e. The zero-order valence-corrected chi connectivity index (χ0v) is 31.0. The first kappa shape index (κ1) is 30.2. The molecule has 254 valence electrons. The van der Waals surface area contributed by atoms with Crippen LogP contribution in [-0.2, 0) is 10.8 Å². The number of hydrogen-bond acceptors (Lipinski definition) is 0. The molecule has 10 aromatic rings. The van der Waals surface area contributed by atoms with Crippen LogP contribution in [0.2, 0.25) is 0 Å². The summed E-state index contributed by atoms with van der Waals surface area (Å²) in [6.45, 7) is 9.74. The van der Waals surface area contributed by atoms with E-state index in [0.29, 0.717) is 0 Å². The van der Waals surface area contributed by atoms with Crippen LogP contribution in [0.1, 0.15) is 49.9 Å². The molecule has 0 heteroatoms. The quantitative estimate of drug-likeness (QED) is 0.125. The van der Waals surface area contributed by atoms with Crippen LogP contribution in [0, 0.1) is 0 Å². The summed E-state index contributed by atoms with van der Waals surface area (Å²) in [5.41, 5.74) is 16.4. The summed E-state index contributed by atoms with van der Waals surface area (Å²) >= 11 is 0. The lowest BCUT2D eigenvalue weighted by atomic mass is 9.72. The average molecular weight is 687 g/mol. The van der Waals surface area contributed by atoms with Crippen molar-refractivity contribution < 1.29 is 0 Å². The molecule has 0 unspecified atom stereocenters. The molecule has 0 atom stereocenters. The van der Waals surface area contributed by atoms with Gasteiger partial charge in [0.25, 0.3) is 0 Å². The molecule has 0 radical (unpaired) electrons. The van der Waals surface area contributed by atoms with Gasteiger partial charge in [0.1, 0.15) is 0 Å². The molecule has 0 nitrogen and oxygen atoms in total. The third kappa shape index (κ3) is 3.68. The average Bonchev–Trinajstić information content (AvgIpc) is 3.58. The highest BCUT2D eigenvalue weighted by Crippen LogP contribution is 2.59. The van der Waals surface area contributed by atoms with Crippen LogP contribution >= 0.6 is 0 Å². The van der Waals surface area contributed by atoms with Crippen molar-refractivity contribution in [2.45, 2.75) is 38.5 Å². The molecule has 0 amide bonds. The molecular formula is C54H38. The van der Waals surface area contributed by atoms with E-state index in [2.05, 4.69) is 185 Å². The minimum absolute atomic E-state index is 0.0627. The van der Waals surface area contributed by atoms with Crippen molar-refractivity contribution >= 4 is 53.9 Å². The molecule has 10 aromatic carbocycles. The highest BCUT2D eigenvalue weighted by molar-refractivity contribution is 6.29. The minimum atomic E-state index is -0.154. The van der Waals surface area contributed by atoms with Gasteiger partial charge in [-0.15, -0.1) is 0 Å². The summed E-state index contributed by atoms with van der Waals surface area (Å²) in [7, 11) is 0. The maximum atomic E-state index is 2.53. The van der Waals surface area contributed by atoms with Crippen molar-refractivity contribution in [3.8, 4) is 44.5 Å². The van der Waals surface area contributed by atoms with E-state index in [1.54, 1.807) is 0 Å². The van der Waals surface area contributed by atoms with Crippen molar-refractivity contribution in [2.24, 2.45) is 0 Å². The molecule has 0 saturated heterocycles. The number of hydrogen-bond donors (Lipinski definition) is 0. The van der Waals surface area contributed by atoms with E-state index in [9.17, 15) is 0 Å². The summed E-state index contributed by atoms with van der Waals surface area (Å²) in [6, 6.07) is 60.0. The maximum absolute atomic E-state index is 2.53. The van der Waals surface area contributed by atoms with E-state index in [-0.39, 0.29) is 10.8 Å². The SMILES string of the molecule is CC1(C)c2ccccc2-c2ccc3c(c21)C(C)(C)c1cc(-c2c4ccccc4c(-c4ccc5ccc6cccc7ccc4c5c67)c4ccccc24)ccc1-3. The lowest BCUT2D eigenvalue weighted by molar-refractivity contribution is 0.601. The van der Waals surface area contributed by atoms with Crippen molar-refractivity contribution in [2.75, 3.05) is 0 Å². The molecule has 2 aliphatic rings. The summed E-state index contributed by atoms with van der Waals surface area (Å²) in [6.07, 6.45) is 0. The molecule has 0 fully saturated rings. The Hall–Kier alpha value is -6.24. The first-order chi connectivity index (χ1) is 26.3. The zero-order chi connectivity index (χ0) is 36.1. The Bertz CT molecular complexity index is 3190. The highest BCUT2D eigenvalue weighted by atomic mass is 14.5.